The van der Waals surface area contributed by atoms with E-state index in [1.165, 1.54) is 18.2 Å². The molecule has 2 aromatic rings. The summed E-state index contributed by atoms with van der Waals surface area (Å²) in [5.41, 5.74) is 1.38. The Balaban J connectivity index is 1.79. The van der Waals surface area contributed by atoms with Gasteiger partial charge >= 0.3 is 0 Å². The number of rotatable bonds is 6. The van der Waals surface area contributed by atoms with Crippen LogP contribution in [-0.4, -0.2) is 24.4 Å². The number of halogens is 2. The molecule has 0 saturated heterocycles. The van der Waals surface area contributed by atoms with E-state index < -0.39 is 0 Å². The number of amides is 1. The summed E-state index contributed by atoms with van der Waals surface area (Å²) in [4.78, 5) is 13.7. The first kappa shape index (κ1) is 16.1. The van der Waals surface area contributed by atoms with Crippen LogP contribution in [-0.2, 0) is 17.9 Å². The van der Waals surface area contributed by atoms with Gasteiger partial charge in [-0.25, -0.2) is 8.78 Å². The van der Waals surface area contributed by atoms with Crippen LogP contribution in [0.4, 0.5) is 8.78 Å². The normalized spacial score (nSPS) is 10.7. The lowest BCUT2D eigenvalue weighted by atomic mass is 10.2. The molecule has 0 aromatic heterocycles. The van der Waals surface area contributed by atoms with Gasteiger partial charge in [-0.2, -0.15) is 0 Å². The van der Waals surface area contributed by atoms with Crippen molar-refractivity contribution >= 4 is 5.91 Å². The van der Waals surface area contributed by atoms with Crippen molar-refractivity contribution in [2.75, 3.05) is 13.6 Å². The minimum Gasteiger partial charge on any atom is -0.351 e. The molecule has 0 atom stereocenters. The van der Waals surface area contributed by atoms with Crippen LogP contribution in [0.3, 0.4) is 0 Å². The zero-order valence-electron chi connectivity index (χ0n) is 12.4. The maximum Gasteiger partial charge on any atom is 0.234 e. The van der Waals surface area contributed by atoms with Crippen LogP contribution in [0.1, 0.15) is 11.1 Å². The summed E-state index contributed by atoms with van der Waals surface area (Å²) < 4.78 is 26.3. The molecule has 1 amide bonds. The molecule has 0 heterocycles. The fourth-order valence-electron chi connectivity index (χ4n) is 2.09. The standard InChI is InChI=1S/C17H18F2N2O/c1-21(11-13-6-8-15(18)9-7-13)12-17(22)20-10-14-4-2-3-5-16(14)19/h2-9H,10-12H2,1H3,(H,20,22). The topological polar surface area (TPSA) is 32.3 Å². The quantitative estimate of drug-likeness (QED) is 0.890. The molecule has 5 heteroatoms. The molecule has 116 valence electrons. The number of benzene rings is 2. The van der Waals surface area contributed by atoms with Crippen LogP contribution >= 0.6 is 0 Å². The Hall–Kier alpha value is -2.27. The van der Waals surface area contributed by atoms with Crippen LogP contribution < -0.4 is 5.32 Å². The van der Waals surface area contributed by atoms with Gasteiger partial charge in [0.2, 0.25) is 5.91 Å². The molecule has 0 saturated carbocycles. The highest BCUT2D eigenvalue weighted by molar-refractivity contribution is 5.77. The lowest BCUT2D eigenvalue weighted by Gasteiger charge is -2.16. The number of likely N-dealkylation sites (N-methyl/N-ethyl adjacent to an activating group) is 1. The minimum absolute atomic E-state index is 0.163. The Morgan fingerprint density at radius 2 is 1.77 bits per heavy atom. The maximum absolute atomic E-state index is 13.4. The second-order valence-corrected chi connectivity index (χ2v) is 5.17. The second-order valence-electron chi connectivity index (χ2n) is 5.17. The van der Waals surface area contributed by atoms with Gasteiger partial charge in [0.25, 0.3) is 0 Å². The molecule has 0 radical (unpaired) electrons. The smallest absolute Gasteiger partial charge is 0.234 e. The monoisotopic (exact) mass is 304 g/mol. The predicted octanol–water partition coefficient (Wildman–Crippen LogP) is 2.71. The summed E-state index contributed by atoms with van der Waals surface area (Å²) in [6, 6.07) is 12.5. The Morgan fingerprint density at radius 3 is 2.45 bits per heavy atom. The van der Waals surface area contributed by atoms with Crippen molar-refractivity contribution in [1.82, 2.24) is 10.2 Å². The average molecular weight is 304 g/mol. The van der Waals surface area contributed by atoms with E-state index in [-0.39, 0.29) is 30.6 Å². The number of hydrogen-bond acceptors (Lipinski definition) is 2. The Kier molecular flexibility index (Phi) is 5.61. The molecule has 0 unspecified atom stereocenters. The number of carbonyl (C=O) groups is 1. The van der Waals surface area contributed by atoms with Crippen LogP contribution in [0.2, 0.25) is 0 Å². The van der Waals surface area contributed by atoms with Crippen LogP contribution in [0.25, 0.3) is 0 Å². The Morgan fingerprint density at radius 1 is 1.09 bits per heavy atom. The predicted molar refractivity (Wildman–Crippen MR) is 81.0 cm³/mol. The largest absolute Gasteiger partial charge is 0.351 e. The molecule has 0 aliphatic heterocycles. The van der Waals surface area contributed by atoms with Gasteiger partial charge in [0.05, 0.1) is 6.54 Å². The van der Waals surface area contributed by atoms with E-state index in [9.17, 15) is 13.6 Å². The Labute approximate surface area is 128 Å². The first-order chi connectivity index (χ1) is 10.5. The third kappa shape index (κ3) is 4.93. The van der Waals surface area contributed by atoms with E-state index in [1.807, 2.05) is 4.90 Å². The fourth-order valence-corrected chi connectivity index (χ4v) is 2.09. The van der Waals surface area contributed by atoms with E-state index >= 15 is 0 Å². The second kappa shape index (κ2) is 7.66. The average Bonchev–Trinajstić information content (AvgIpc) is 2.49. The highest BCUT2D eigenvalue weighted by Crippen LogP contribution is 2.06. The molecule has 22 heavy (non-hydrogen) atoms. The molecule has 2 rings (SSSR count). The minimum atomic E-state index is -0.331. The third-order valence-electron chi connectivity index (χ3n) is 3.21. The number of carbonyl (C=O) groups excluding carboxylic acids is 1. The van der Waals surface area contributed by atoms with E-state index in [0.717, 1.165) is 5.56 Å². The fraction of sp³-hybridized carbons (Fsp3) is 0.235. The van der Waals surface area contributed by atoms with E-state index in [1.54, 1.807) is 37.4 Å². The molecule has 0 aliphatic rings. The Bertz CT molecular complexity index is 629. The van der Waals surface area contributed by atoms with Gasteiger partial charge in [0, 0.05) is 18.7 Å². The summed E-state index contributed by atoms with van der Waals surface area (Å²) in [6.07, 6.45) is 0. The van der Waals surface area contributed by atoms with Crippen molar-refractivity contribution in [3.8, 4) is 0 Å². The molecule has 2 aromatic carbocycles. The molecular weight excluding hydrogens is 286 g/mol. The van der Waals surface area contributed by atoms with Crippen LogP contribution in [0.15, 0.2) is 48.5 Å². The molecule has 0 fully saturated rings. The lowest BCUT2D eigenvalue weighted by molar-refractivity contribution is -0.122. The number of nitrogens with zero attached hydrogens (tertiary/aromatic N) is 1. The highest BCUT2D eigenvalue weighted by Gasteiger charge is 2.08. The SMILES string of the molecule is CN(CC(=O)NCc1ccccc1F)Cc1ccc(F)cc1. The van der Waals surface area contributed by atoms with E-state index in [0.29, 0.717) is 12.1 Å². The number of nitrogens with one attached hydrogen (secondary N) is 1. The lowest BCUT2D eigenvalue weighted by Crippen LogP contribution is -2.34. The summed E-state index contributed by atoms with van der Waals surface area (Å²) in [6.45, 7) is 0.884. The first-order valence-electron chi connectivity index (χ1n) is 6.97. The van der Waals surface area contributed by atoms with E-state index in [2.05, 4.69) is 5.32 Å². The maximum atomic E-state index is 13.4. The van der Waals surface area contributed by atoms with Gasteiger partial charge in [0.1, 0.15) is 11.6 Å². The van der Waals surface area contributed by atoms with Crippen molar-refractivity contribution in [3.63, 3.8) is 0 Å². The first-order valence-corrected chi connectivity index (χ1v) is 6.97. The molecule has 3 nitrogen and oxygen atoms in total. The van der Waals surface area contributed by atoms with Gasteiger partial charge in [0.15, 0.2) is 0 Å². The van der Waals surface area contributed by atoms with Crippen molar-refractivity contribution in [1.29, 1.82) is 0 Å². The van der Waals surface area contributed by atoms with Gasteiger partial charge < -0.3 is 5.32 Å². The van der Waals surface area contributed by atoms with E-state index in [4.69, 9.17) is 0 Å². The zero-order chi connectivity index (χ0) is 15.9. The van der Waals surface area contributed by atoms with Gasteiger partial charge in [-0.15, -0.1) is 0 Å². The number of hydrogen-bond donors (Lipinski definition) is 1. The molecule has 1 N–H and O–H groups in total. The van der Waals surface area contributed by atoms with Crippen LogP contribution in [0.5, 0.6) is 0 Å². The molecule has 0 bridgehead atoms. The van der Waals surface area contributed by atoms with Crippen molar-refractivity contribution < 1.29 is 13.6 Å². The van der Waals surface area contributed by atoms with Gasteiger partial charge in [-0.05, 0) is 30.8 Å². The summed E-state index contributed by atoms with van der Waals surface area (Å²) in [5, 5.41) is 2.68. The van der Waals surface area contributed by atoms with Gasteiger partial charge in [-0.3, -0.25) is 9.69 Å². The molecule has 0 spiro atoms. The van der Waals surface area contributed by atoms with Crippen molar-refractivity contribution in [3.05, 3.63) is 71.3 Å². The van der Waals surface area contributed by atoms with Crippen molar-refractivity contribution in [2.45, 2.75) is 13.1 Å². The zero-order valence-corrected chi connectivity index (χ0v) is 12.4. The van der Waals surface area contributed by atoms with Gasteiger partial charge in [-0.1, -0.05) is 30.3 Å². The van der Waals surface area contributed by atoms with Crippen LogP contribution in [0, 0.1) is 11.6 Å². The third-order valence-corrected chi connectivity index (χ3v) is 3.21. The van der Waals surface area contributed by atoms with Crippen molar-refractivity contribution in [2.24, 2.45) is 0 Å². The summed E-state index contributed by atoms with van der Waals surface area (Å²) in [5.74, 6) is -0.802. The summed E-state index contributed by atoms with van der Waals surface area (Å²) >= 11 is 0. The molecule has 0 aliphatic carbocycles. The summed E-state index contributed by atoms with van der Waals surface area (Å²) in [7, 11) is 1.80. The molecular formula is C17H18F2N2O. The highest BCUT2D eigenvalue weighted by atomic mass is 19.1.